The molecule has 3 rings (SSSR count). The van der Waals surface area contributed by atoms with Crippen LogP contribution in [-0.2, 0) is 4.79 Å². The highest BCUT2D eigenvalue weighted by Gasteiger charge is 2.15. The van der Waals surface area contributed by atoms with Crippen molar-refractivity contribution in [3.05, 3.63) is 138 Å². The van der Waals surface area contributed by atoms with E-state index in [0.717, 1.165) is 22.0 Å². The quantitative estimate of drug-likeness (QED) is 0.191. The molecule has 2 heterocycles. The maximum Gasteiger partial charge on any atom is 0.307 e. The van der Waals surface area contributed by atoms with E-state index in [1.165, 1.54) is 11.0 Å². The van der Waals surface area contributed by atoms with E-state index in [9.17, 15) is 9.59 Å². The molecule has 202 valence electrons. The summed E-state index contributed by atoms with van der Waals surface area (Å²) in [4.78, 5) is 32.0. The molecule has 0 saturated carbocycles. The second kappa shape index (κ2) is 13.7. The SMILES string of the molecule is C=C\C=C/C(/C=C/c1ccc2ncc3c#cc(=O)n(C(/C=C\C(C)C)=C/C(=C)N(CC)C(=O)C=C)c3c2c1)=C\C. The molecule has 1 amide bonds. The van der Waals surface area contributed by atoms with E-state index in [-0.39, 0.29) is 17.4 Å². The average Bonchev–Trinajstić information content (AvgIpc) is 2.95. The van der Waals surface area contributed by atoms with Crippen molar-refractivity contribution in [1.29, 1.82) is 0 Å². The lowest BCUT2D eigenvalue weighted by Gasteiger charge is -2.20. The number of pyridine rings is 1. The molecular weight excluding hydrogens is 494 g/mol. The van der Waals surface area contributed by atoms with Gasteiger partial charge in [-0.15, -0.1) is 0 Å². The molecule has 0 atom stereocenters. The number of benzene rings is 1. The standard InChI is InChI=1S/C35H35N3O2/c1-8-12-13-27(9-2)15-16-28-17-20-32-31(23-28)35-29(24-36-32)18-21-34(40)38(35)30(19-14-25(5)6)22-26(7)37(11-4)33(39)10-3/h8-10,12-17,19-20,22-25H,1,3,7,11H2,2,4-6H3/b13-12-,16-15+,19-14-,27-9+,30-22+. The Hall–Kier alpha value is -4.95. The maximum atomic E-state index is 13.4. The van der Waals surface area contributed by atoms with Crippen LogP contribution in [0.15, 0.2) is 115 Å². The first-order chi connectivity index (χ1) is 19.2. The van der Waals surface area contributed by atoms with Crippen molar-refractivity contribution in [2.24, 2.45) is 5.92 Å². The fourth-order valence-electron chi connectivity index (χ4n) is 4.11. The Kier molecular flexibility index (Phi) is 10.2. The lowest BCUT2D eigenvalue weighted by Crippen LogP contribution is -2.27. The van der Waals surface area contributed by atoms with Gasteiger partial charge in [0, 0.05) is 29.9 Å². The molecule has 2 aromatic heterocycles. The number of carbonyl (C=O) groups is 1. The van der Waals surface area contributed by atoms with Crippen LogP contribution in [0.3, 0.4) is 0 Å². The molecule has 0 unspecified atom stereocenters. The van der Waals surface area contributed by atoms with Crippen molar-refractivity contribution in [2.45, 2.75) is 27.7 Å². The topological polar surface area (TPSA) is 55.2 Å². The fraction of sp³-hybridized carbons (Fsp3) is 0.171. The van der Waals surface area contributed by atoms with Crippen molar-refractivity contribution in [3.8, 4) is 0 Å². The summed E-state index contributed by atoms with van der Waals surface area (Å²) in [5.41, 5.74) is 3.97. The van der Waals surface area contributed by atoms with Crippen LogP contribution in [0.1, 0.15) is 33.3 Å². The van der Waals surface area contributed by atoms with Crippen LogP contribution in [0, 0.1) is 18.1 Å². The molecule has 0 N–H and O–H groups in total. The lowest BCUT2D eigenvalue weighted by atomic mass is 10.1. The number of aromatic nitrogens is 2. The molecule has 0 saturated heterocycles. The van der Waals surface area contributed by atoms with E-state index in [2.05, 4.69) is 50.7 Å². The van der Waals surface area contributed by atoms with Crippen molar-refractivity contribution in [1.82, 2.24) is 14.5 Å². The van der Waals surface area contributed by atoms with Crippen LogP contribution in [-0.4, -0.2) is 26.9 Å². The lowest BCUT2D eigenvalue weighted by molar-refractivity contribution is -0.123. The van der Waals surface area contributed by atoms with Crippen LogP contribution >= 0.6 is 0 Å². The van der Waals surface area contributed by atoms with Crippen LogP contribution in [0.25, 0.3) is 33.6 Å². The smallest absolute Gasteiger partial charge is 0.307 e. The van der Waals surface area contributed by atoms with Gasteiger partial charge in [0.2, 0.25) is 5.91 Å². The van der Waals surface area contributed by atoms with Gasteiger partial charge in [-0.05, 0) is 61.3 Å². The van der Waals surface area contributed by atoms with Crippen molar-refractivity contribution in [3.63, 3.8) is 0 Å². The molecule has 1 aromatic carbocycles. The van der Waals surface area contributed by atoms with Crippen LogP contribution in [0.4, 0.5) is 0 Å². The molecule has 0 spiro atoms. The minimum absolute atomic E-state index is 0.223. The summed E-state index contributed by atoms with van der Waals surface area (Å²) >= 11 is 0. The number of nitrogens with zero attached hydrogens (tertiary/aromatic N) is 3. The van der Waals surface area contributed by atoms with Gasteiger partial charge >= 0.3 is 5.56 Å². The maximum absolute atomic E-state index is 13.4. The summed E-state index contributed by atoms with van der Waals surface area (Å²) in [6, 6.07) is 11.6. The van der Waals surface area contributed by atoms with E-state index in [4.69, 9.17) is 0 Å². The first-order valence-electron chi connectivity index (χ1n) is 13.2. The van der Waals surface area contributed by atoms with E-state index < -0.39 is 0 Å². The predicted molar refractivity (Wildman–Crippen MR) is 168 cm³/mol. The van der Waals surface area contributed by atoms with Gasteiger partial charge in [-0.1, -0.05) is 88.2 Å². The number of allylic oxidation sites excluding steroid dienone is 10. The molecule has 0 bridgehead atoms. The Morgan fingerprint density at radius 1 is 1.18 bits per heavy atom. The largest absolute Gasteiger partial charge is 0.310 e. The summed E-state index contributed by atoms with van der Waals surface area (Å²) < 4.78 is 1.59. The summed E-state index contributed by atoms with van der Waals surface area (Å²) in [5.74, 6) is -0.0447. The molecule has 0 aliphatic carbocycles. The molecule has 0 aliphatic heterocycles. The molecule has 3 aromatic rings. The van der Waals surface area contributed by atoms with Gasteiger partial charge in [-0.3, -0.25) is 19.1 Å². The zero-order chi connectivity index (χ0) is 29.2. The Balaban J connectivity index is 2.32. The van der Waals surface area contributed by atoms with Gasteiger partial charge in [0.15, 0.2) is 0 Å². The summed E-state index contributed by atoms with van der Waals surface area (Å²) in [6.45, 7) is 19.8. The third-order valence-electron chi connectivity index (χ3n) is 6.15. The highest BCUT2D eigenvalue weighted by atomic mass is 16.2. The molecule has 0 radical (unpaired) electrons. The second-order valence-electron chi connectivity index (χ2n) is 9.35. The van der Waals surface area contributed by atoms with Gasteiger partial charge in [-0.25, -0.2) is 0 Å². The number of hydrogen-bond donors (Lipinski definition) is 0. The number of amides is 1. The van der Waals surface area contributed by atoms with Crippen LogP contribution in [0.2, 0.25) is 0 Å². The Morgan fingerprint density at radius 2 is 1.95 bits per heavy atom. The van der Waals surface area contributed by atoms with E-state index in [1.807, 2.05) is 74.6 Å². The van der Waals surface area contributed by atoms with E-state index >= 15 is 0 Å². The highest BCUT2D eigenvalue weighted by Crippen LogP contribution is 2.26. The summed E-state index contributed by atoms with van der Waals surface area (Å²) in [6.07, 6.45) is 20.2. The van der Waals surface area contributed by atoms with Crippen LogP contribution < -0.4 is 5.56 Å². The number of hydrogen-bond acceptors (Lipinski definition) is 3. The molecule has 40 heavy (non-hydrogen) atoms. The third kappa shape index (κ3) is 6.92. The Bertz CT molecular complexity index is 1660. The predicted octanol–water partition coefficient (Wildman–Crippen LogP) is 7.45. The molecule has 5 nitrogen and oxygen atoms in total. The van der Waals surface area contributed by atoms with E-state index in [1.54, 1.807) is 22.9 Å². The minimum atomic E-state index is -0.378. The Labute approximate surface area is 236 Å². The number of rotatable bonds is 11. The van der Waals surface area contributed by atoms with Gasteiger partial charge in [0.05, 0.1) is 22.1 Å². The first-order valence-corrected chi connectivity index (χ1v) is 13.2. The first kappa shape index (κ1) is 29.6. The van der Waals surface area contributed by atoms with Gasteiger partial charge in [-0.2, -0.15) is 0 Å². The van der Waals surface area contributed by atoms with Crippen molar-refractivity contribution >= 4 is 39.5 Å². The van der Waals surface area contributed by atoms with Gasteiger partial charge in [0.1, 0.15) is 0 Å². The highest BCUT2D eigenvalue weighted by molar-refractivity contribution is 6.05. The molecule has 0 fully saturated rings. The molecule has 0 aliphatic rings. The minimum Gasteiger partial charge on any atom is -0.310 e. The average molecular weight is 530 g/mol. The van der Waals surface area contributed by atoms with E-state index in [0.29, 0.717) is 28.8 Å². The monoisotopic (exact) mass is 529 g/mol. The Morgan fingerprint density at radius 3 is 2.60 bits per heavy atom. The summed E-state index contributed by atoms with van der Waals surface area (Å²) in [7, 11) is 0. The normalized spacial score (nSPS) is 12.6. The van der Waals surface area contributed by atoms with Gasteiger partial charge in [0.25, 0.3) is 0 Å². The number of carbonyl (C=O) groups excluding carboxylic acids is 1. The number of likely N-dealkylation sites (N-methyl/N-ethyl adjacent to an activating group) is 1. The van der Waals surface area contributed by atoms with Gasteiger partial charge < -0.3 is 4.90 Å². The summed E-state index contributed by atoms with van der Waals surface area (Å²) in [5, 5.41) is 1.43. The second-order valence-corrected chi connectivity index (χ2v) is 9.35. The molecular formula is C35H35N3O2. The zero-order valence-corrected chi connectivity index (χ0v) is 23.6. The van der Waals surface area contributed by atoms with Crippen molar-refractivity contribution < 1.29 is 4.79 Å². The zero-order valence-electron chi connectivity index (χ0n) is 23.6. The third-order valence-corrected chi connectivity index (χ3v) is 6.15. The van der Waals surface area contributed by atoms with Crippen molar-refractivity contribution in [2.75, 3.05) is 6.54 Å². The fourth-order valence-corrected chi connectivity index (χ4v) is 4.11. The molecule has 5 heteroatoms. The number of fused-ring (bicyclic) bond motifs is 3. The van der Waals surface area contributed by atoms with Crippen LogP contribution in [0.5, 0.6) is 0 Å².